The van der Waals surface area contributed by atoms with Gasteiger partial charge in [0, 0.05) is 37.4 Å². The number of anilines is 3. The Balaban J connectivity index is 1.51. The first-order chi connectivity index (χ1) is 15.1. The van der Waals surface area contributed by atoms with Crippen molar-refractivity contribution in [2.24, 2.45) is 0 Å². The molecule has 0 aliphatic carbocycles. The number of aliphatic hydroxyl groups excluding tert-OH is 1. The van der Waals surface area contributed by atoms with E-state index in [-0.39, 0.29) is 12.1 Å². The van der Waals surface area contributed by atoms with Crippen LogP contribution >= 0.6 is 11.6 Å². The van der Waals surface area contributed by atoms with Gasteiger partial charge in [-0.05, 0) is 31.0 Å². The van der Waals surface area contributed by atoms with E-state index in [0.29, 0.717) is 24.1 Å². The Labute approximate surface area is 183 Å². The van der Waals surface area contributed by atoms with Crippen LogP contribution < -0.4 is 15.1 Å². The highest BCUT2D eigenvalue weighted by atomic mass is 35.5. The van der Waals surface area contributed by atoms with E-state index in [2.05, 4.69) is 26.7 Å². The monoisotopic (exact) mass is 439 g/mol. The van der Waals surface area contributed by atoms with Gasteiger partial charge in [-0.3, -0.25) is 4.57 Å². The van der Waals surface area contributed by atoms with Crippen molar-refractivity contribution in [1.82, 2.24) is 19.5 Å². The predicted octanol–water partition coefficient (Wildman–Crippen LogP) is 2.53. The molecule has 0 saturated carbocycles. The zero-order valence-corrected chi connectivity index (χ0v) is 17.6. The van der Waals surface area contributed by atoms with Gasteiger partial charge < -0.3 is 25.0 Å². The summed E-state index contributed by atoms with van der Waals surface area (Å²) in [6, 6.07) is 5.81. The Morgan fingerprint density at radius 3 is 2.71 bits per heavy atom. The summed E-state index contributed by atoms with van der Waals surface area (Å²) < 4.78 is 7.41. The summed E-state index contributed by atoms with van der Waals surface area (Å²) in [5.41, 5.74) is 2.48. The van der Waals surface area contributed by atoms with E-state index in [0.717, 1.165) is 60.2 Å². The van der Waals surface area contributed by atoms with Gasteiger partial charge in [-0.2, -0.15) is 9.97 Å². The second-order valence-corrected chi connectivity index (χ2v) is 8.57. The number of ether oxygens (including phenoxy) is 1. The van der Waals surface area contributed by atoms with Gasteiger partial charge in [0.25, 0.3) is 0 Å². The number of nitrogens with zero attached hydrogens (tertiary/aromatic N) is 6. The zero-order valence-electron chi connectivity index (χ0n) is 16.8. The Kier molecular flexibility index (Phi) is 4.31. The summed E-state index contributed by atoms with van der Waals surface area (Å²) in [6.07, 6.45) is 3.17. The molecule has 0 spiro atoms. The highest BCUT2D eigenvalue weighted by molar-refractivity contribution is 6.31. The van der Waals surface area contributed by atoms with E-state index < -0.39 is 0 Å². The molecule has 2 saturated heterocycles. The lowest BCUT2D eigenvalue weighted by Crippen LogP contribution is -2.51. The predicted molar refractivity (Wildman–Crippen MR) is 119 cm³/mol. The summed E-state index contributed by atoms with van der Waals surface area (Å²) in [7, 11) is 0. The first-order valence-electron chi connectivity index (χ1n) is 10.4. The Morgan fingerprint density at radius 1 is 1.16 bits per heavy atom. The third-order valence-corrected chi connectivity index (χ3v) is 6.32. The maximum atomic E-state index is 9.88. The highest BCUT2D eigenvalue weighted by Crippen LogP contribution is 2.44. The van der Waals surface area contributed by atoms with Gasteiger partial charge in [0.1, 0.15) is 17.8 Å². The summed E-state index contributed by atoms with van der Waals surface area (Å²) in [5.74, 6) is 2.84. The van der Waals surface area contributed by atoms with Crippen molar-refractivity contribution in [3.63, 3.8) is 0 Å². The van der Waals surface area contributed by atoms with Crippen LogP contribution in [0, 0.1) is 0 Å². The number of rotatable bonds is 3. The molecule has 3 aliphatic rings. The summed E-state index contributed by atoms with van der Waals surface area (Å²) in [4.78, 5) is 18.5. The molecule has 0 bridgehead atoms. The molecule has 6 rings (SSSR count). The SMILES string of the molecule is C=C1Nc2c(N3CC(O)C3)nc(-n3cnc4ccc(Cl)cc43)nc2N1C1CCOCC1. The normalized spacial score (nSPS) is 19.6. The minimum atomic E-state index is -0.349. The van der Waals surface area contributed by atoms with Crippen LogP contribution in [0.5, 0.6) is 0 Å². The second kappa shape index (κ2) is 7.08. The van der Waals surface area contributed by atoms with Gasteiger partial charge >= 0.3 is 0 Å². The number of hydrogen-bond acceptors (Lipinski definition) is 8. The molecule has 1 aromatic carbocycles. The number of imidazole rings is 1. The second-order valence-electron chi connectivity index (χ2n) is 8.14. The number of fused-ring (bicyclic) bond motifs is 2. The average molecular weight is 440 g/mol. The summed E-state index contributed by atoms with van der Waals surface area (Å²) in [6.45, 7) is 6.75. The molecular formula is C21H22ClN7O2. The van der Waals surface area contributed by atoms with Crippen LogP contribution in [-0.2, 0) is 4.74 Å². The van der Waals surface area contributed by atoms with Gasteiger partial charge in [-0.25, -0.2) is 4.98 Å². The number of hydrogen-bond donors (Lipinski definition) is 2. The van der Waals surface area contributed by atoms with Crippen LogP contribution in [-0.4, -0.2) is 63.1 Å². The van der Waals surface area contributed by atoms with E-state index in [9.17, 15) is 5.11 Å². The van der Waals surface area contributed by atoms with Gasteiger partial charge in [0.05, 0.1) is 17.1 Å². The first kappa shape index (κ1) is 18.9. The summed E-state index contributed by atoms with van der Waals surface area (Å²) in [5, 5.41) is 13.9. The lowest BCUT2D eigenvalue weighted by atomic mass is 10.1. The number of aromatic nitrogens is 4. The van der Waals surface area contributed by atoms with Gasteiger partial charge in [0.2, 0.25) is 5.95 Å². The lowest BCUT2D eigenvalue weighted by molar-refractivity contribution is 0.0859. The van der Waals surface area contributed by atoms with Crippen molar-refractivity contribution in [3.05, 3.63) is 41.9 Å². The van der Waals surface area contributed by atoms with Crippen LogP contribution in [0.1, 0.15) is 12.8 Å². The fraction of sp³-hybridized carbons (Fsp3) is 0.381. The van der Waals surface area contributed by atoms with E-state index >= 15 is 0 Å². The molecule has 0 atom stereocenters. The number of halogens is 1. The molecule has 3 aliphatic heterocycles. The molecule has 2 aromatic heterocycles. The van der Waals surface area contributed by atoms with Crippen LogP contribution in [0.4, 0.5) is 17.3 Å². The van der Waals surface area contributed by atoms with E-state index in [1.807, 2.05) is 22.8 Å². The number of nitrogens with one attached hydrogen (secondary N) is 1. The fourth-order valence-corrected chi connectivity index (χ4v) is 4.65. The summed E-state index contributed by atoms with van der Waals surface area (Å²) >= 11 is 6.24. The van der Waals surface area contributed by atoms with Crippen LogP contribution in [0.25, 0.3) is 17.0 Å². The Morgan fingerprint density at radius 2 is 1.94 bits per heavy atom. The molecule has 10 heteroatoms. The number of benzene rings is 1. The standard InChI is InChI=1S/C21H22ClN7O2/c1-12-24-18-19(27-9-15(30)10-27)25-21(26-20(18)29(12)14-4-6-31-7-5-14)28-11-23-16-3-2-13(22)8-17(16)28/h2-3,8,11,14-15,24,30H,1,4-7,9-10H2. The molecule has 31 heavy (non-hydrogen) atoms. The average Bonchev–Trinajstić information content (AvgIpc) is 3.31. The maximum absolute atomic E-state index is 9.88. The minimum Gasteiger partial charge on any atom is -0.389 e. The molecule has 3 aromatic rings. The van der Waals surface area contributed by atoms with Crippen LogP contribution in [0.3, 0.4) is 0 Å². The Hall–Kier alpha value is -2.88. The van der Waals surface area contributed by atoms with E-state index in [1.165, 1.54) is 0 Å². The van der Waals surface area contributed by atoms with Crippen molar-refractivity contribution in [2.45, 2.75) is 25.0 Å². The highest BCUT2D eigenvalue weighted by Gasteiger charge is 2.38. The largest absolute Gasteiger partial charge is 0.389 e. The maximum Gasteiger partial charge on any atom is 0.239 e. The number of β-amino-alcohol motifs (C(OH)–C–C–N with tert-alkyl or cyclic N) is 1. The molecule has 9 nitrogen and oxygen atoms in total. The van der Waals surface area contributed by atoms with Gasteiger partial charge in [-0.15, -0.1) is 0 Å². The molecule has 0 unspecified atom stereocenters. The van der Waals surface area contributed by atoms with Gasteiger partial charge in [-0.1, -0.05) is 18.2 Å². The molecule has 0 amide bonds. The van der Waals surface area contributed by atoms with Gasteiger partial charge in [0.15, 0.2) is 11.6 Å². The van der Waals surface area contributed by atoms with Crippen LogP contribution in [0.15, 0.2) is 36.9 Å². The minimum absolute atomic E-state index is 0.251. The topological polar surface area (TPSA) is 91.6 Å². The van der Waals surface area contributed by atoms with E-state index in [1.54, 1.807) is 6.33 Å². The van der Waals surface area contributed by atoms with Crippen LogP contribution in [0.2, 0.25) is 5.02 Å². The molecule has 2 fully saturated rings. The molecule has 0 radical (unpaired) electrons. The molecular weight excluding hydrogens is 418 g/mol. The molecule has 5 heterocycles. The Bertz CT molecular complexity index is 1180. The smallest absolute Gasteiger partial charge is 0.239 e. The van der Waals surface area contributed by atoms with Crippen molar-refractivity contribution in [2.75, 3.05) is 41.4 Å². The van der Waals surface area contributed by atoms with Crippen molar-refractivity contribution < 1.29 is 9.84 Å². The van der Waals surface area contributed by atoms with E-state index in [4.69, 9.17) is 26.3 Å². The molecule has 2 N–H and O–H groups in total. The quantitative estimate of drug-likeness (QED) is 0.643. The first-order valence-corrected chi connectivity index (χ1v) is 10.8. The zero-order chi connectivity index (χ0) is 21.1. The third-order valence-electron chi connectivity index (χ3n) is 6.09. The number of aliphatic hydroxyl groups is 1. The van der Waals surface area contributed by atoms with Crippen molar-refractivity contribution in [1.29, 1.82) is 0 Å². The van der Waals surface area contributed by atoms with Crippen molar-refractivity contribution >= 4 is 40.0 Å². The molecule has 160 valence electrons. The van der Waals surface area contributed by atoms with Crippen molar-refractivity contribution in [3.8, 4) is 5.95 Å². The third kappa shape index (κ3) is 3.03. The lowest BCUT2D eigenvalue weighted by Gasteiger charge is -2.37. The fourth-order valence-electron chi connectivity index (χ4n) is 4.49.